The fourth-order valence-electron chi connectivity index (χ4n) is 2.25. The maximum absolute atomic E-state index is 13.1. The molecule has 1 heterocycles. The zero-order chi connectivity index (χ0) is 15.3. The zero-order valence-electron chi connectivity index (χ0n) is 11.4. The molecule has 1 amide bonds. The largest absolute Gasteiger partial charge is 0.384 e. The number of carbonyl (C=O) groups is 1. The van der Waals surface area contributed by atoms with Crippen molar-refractivity contribution in [2.45, 2.75) is 31.6 Å². The molecule has 2 rings (SSSR count). The first-order chi connectivity index (χ1) is 10.00. The summed E-state index contributed by atoms with van der Waals surface area (Å²) in [5.41, 5.74) is 0.615. The van der Waals surface area contributed by atoms with Gasteiger partial charge in [0.15, 0.2) is 0 Å². The number of amides is 1. The van der Waals surface area contributed by atoms with Gasteiger partial charge in [0.2, 0.25) is 11.8 Å². The van der Waals surface area contributed by atoms with Gasteiger partial charge in [0, 0.05) is 30.5 Å². The summed E-state index contributed by atoms with van der Waals surface area (Å²) in [7, 11) is 0. The number of hydrogen-bond acceptors (Lipinski definition) is 3. The van der Waals surface area contributed by atoms with Crippen LogP contribution in [0.15, 0.2) is 18.3 Å². The second kappa shape index (κ2) is 6.64. The number of anilines is 1. The Morgan fingerprint density at radius 2 is 2.19 bits per heavy atom. The van der Waals surface area contributed by atoms with Gasteiger partial charge in [-0.3, -0.25) is 4.79 Å². The van der Waals surface area contributed by atoms with E-state index in [0.717, 1.165) is 0 Å². The molecule has 0 unspecified atom stereocenters. The third-order valence-corrected chi connectivity index (χ3v) is 3.41. The Labute approximate surface area is 121 Å². The van der Waals surface area contributed by atoms with Crippen molar-refractivity contribution in [2.24, 2.45) is 5.92 Å². The summed E-state index contributed by atoms with van der Waals surface area (Å²) < 4.78 is 26.1. The zero-order valence-corrected chi connectivity index (χ0v) is 11.4. The highest BCUT2D eigenvalue weighted by molar-refractivity contribution is 5.91. The second-order valence-electron chi connectivity index (χ2n) is 5.01. The van der Waals surface area contributed by atoms with Gasteiger partial charge >= 0.3 is 0 Å². The van der Waals surface area contributed by atoms with Crippen LogP contribution in [0, 0.1) is 17.8 Å². The van der Waals surface area contributed by atoms with Crippen LogP contribution in [0.3, 0.4) is 0 Å². The summed E-state index contributed by atoms with van der Waals surface area (Å²) in [5, 5.41) is 11.3. The van der Waals surface area contributed by atoms with Crippen LogP contribution in [0.4, 0.5) is 14.6 Å². The highest BCUT2D eigenvalue weighted by atomic mass is 19.3. The Kier molecular flexibility index (Phi) is 4.86. The molecule has 112 valence electrons. The van der Waals surface area contributed by atoms with E-state index in [1.54, 1.807) is 12.1 Å². The lowest BCUT2D eigenvalue weighted by Gasteiger charge is -2.27. The fraction of sp³-hybridized carbons (Fsp3) is 0.467. The van der Waals surface area contributed by atoms with Gasteiger partial charge in [-0.25, -0.2) is 13.8 Å². The number of nitrogens with zero attached hydrogens (tertiary/aromatic N) is 1. The van der Waals surface area contributed by atoms with Crippen molar-refractivity contribution >= 4 is 11.7 Å². The summed E-state index contributed by atoms with van der Waals surface area (Å²) >= 11 is 0. The number of aromatic nitrogens is 1. The number of hydrogen-bond donors (Lipinski definition) is 2. The lowest BCUT2D eigenvalue weighted by molar-refractivity contribution is -0.124. The van der Waals surface area contributed by atoms with Gasteiger partial charge in [-0.2, -0.15) is 0 Å². The minimum absolute atomic E-state index is 0.183. The van der Waals surface area contributed by atoms with E-state index >= 15 is 0 Å². The van der Waals surface area contributed by atoms with Crippen molar-refractivity contribution in [3.63, 3.8) is 0 Å². The van der Waals surface area contributed by atoms with Crippen LogP contribution in [0.5, 0.6) is 0 Å². The molecule has 0 aromatic carbocycles. The SMILES string of the molecule is O=C(Nc1cc(C#CCO)ccn1)C1CCC(F)(F)CC1. The molecule has 1 aliphatic carbocycles. The first-order valence-electron chi connectivity index (χ1n) is 6.75. The van der Waals surface area contributed by atoms with Gasteiger partial charge in [0.25, 0.3) is 0 Å². The third-order valence-electron chi connectivity index (χ3n) is 3.41. The lowest BCUT2D eigenvalue weighted by atomic mass is 9.86. The monoisotopic (exact) mass is 294 g/mol. The Bertz CT molecular complexity index is 569. The molecule has 1 aromatic rings. The van der Waals surface area contributed by atoms with E-state index in [4.69, 9.17) is 5.11 Å². The molecule has 0 atom stereocenters. The Morgan fingerprint density at radius 1 is 1.48 bits per heavy atom. The molecule has 0 spiro atoms. The highest BCUT2D eigenvalue weighted by Crippen LogP contribution is 2.36. The number of halogens is 2. The Morgan fingerprint density at radius 3 is 2.86 bits per heavy atom. The summed E-state index contributed by atoms with van der Waals surface area (Å²) in [6.07, 6.45) is 1.36. The van der Waals surface area contributed by atoms with Crippen molar-refractivity contribution in [3.05, 3.63) is 23.9 Å². The van der Waals surface area contributed by atoms with Crippen molar-refractivity contribution < 1.29 is 18.7 Å². The topological polar surface area (TPSA) is 62.2 Å². The van der Waals surface area contributed by atoms with Crippen LogP contribution in [0.1, 0.15) is 31.2 Å². The molecule has 1 saturated carbocycles. The molecular formula is C15H16F2N2O2. The molecule has 0 saturated heterocycles. The highest BCUT2D eigenvalue weighted by Gasteiger charge is 2.37. The van der Waals surface area contributed by atoms with Crippen molar-refractivity contribution in [1.82, 2.24) is 4.98 Å². The predicted octanol–water partition coefficient (Wildman–Crippen LogP) is 2.19. The van der Waals surface area contributed by atoms with E-state index in [1.807, 2.05) is 0 Å². The maximum Gasteiger partial charge on any atom is 0.248 e. The van der Waals surface area contributed by atoms with Crippen LogP contribution in [0.25, 0.3) is 0 Å². The maximum atomic E-state index is 13.1. The molecule has 6 heteroatoms. The first kappa shape index (κ1) is 15.4. The van der Waals surface area contributed by atoms with Crippen molar-refractivity contribution in [3.8, 4) is 11.8 Å². The van der Waals surface area contributed by atoms with Crippen LogP contribution >= 0.6 is 0 Å². The number of aliphatic hydroxyl groups excluding tert-OH is 1. The predicted molar refractivity (Wildman–Crippen MR) is 73.7 cm³/mol. The van der Waals surface area contributed by atoms with E-state index in [9.17, 15) is 13.6 Å². The lowest BCUT2D eigenvalue weighted by Crippen LogP contribution is -2.32. The smallest absolute Gasteiger partial charge is 0.248 e. The average Bonchev–Trinajstić information content (AvgIpc) is 2.45. The summed E-state index contributed by atoms with van der Waals surface area (Å²) in [6, 6.07) is 3.23. The Hall–Kier alpha value is -2.00. The third kappa shape index (κ3) is 4.50. The second-order valence-corrected chi connectivity index (χ2v) is 5.01. The molecule has 2 N–H and O–H groups in total. The number of pyridine rings is 1. The normalized spacial score (nSPS) is 17.7. The van der Waals surface area contributed by atoms with Gasteiger partial charge < -0.3 is 10.4 Å². The minimum atomic E-state index is -2.64. The fourth-order valence-corrected chi connectivity index (χ4v) is 2.25. The quantitative estimate of drug-likeness (QED) is 0.822. The molecule has 4 nitrogen and oxygen atoms in total. The summed E-state index contributed by atoms with van der Waals surface area (Å²) in [5.74, 6) is 2.21. The number of rotatable bonds is 2. The standard InChI is InChI=1S/C15H16F2N2O2/c16-15(17)6-3-12(4-7-15)14(21)19-13-10-11(2-1-9-20)5-8-18-13/h5,8,10,12,20H,3-4,6-7,9H2,(H,18,19,21). The van der Waals surface area contributed by atoms with E-state index in [1.165, 1.54) is 6.20 Å². The van der Waals surface area contributed by atoms with Gasteiger partial charge in [-0.05, 0) is 25.0 Å². The Balaban J connectivity index is 1.97. The van der Waals surface area contributed by atoms with E-state index < -0.39 is 11.8 Å². The summed E-state index contributed by atoms with van der Waals surface area (Å²) in [4.78, 5) is 16.0. The van der Waals surface area contributed by atoms with E-state index in [-0.39, 0.29) is 38.2 Å². The molecular weight excluding hydrogens is 278 g/mol. The van der Waals surface area contributed by atoms with Crippen LogP contribution in [-0.2, 0) is 4.79 Å². The molecule has 1 aliphatic rings. The van der Waals surface area contributed by atoms with Crippen LogP contribution in [-0.4, -0.2) is 28.5 Å². The van der Waals surface area contributed by atoms with E-state index in [2.05, 4.69) is 22.1 Å². The van der Waals surface area contributed by atoms with Crippen LogP contribution < -0.4 is 5.32 Å². The first-order valence-corrected chi connectivity index (χ1v) is 6.75. The van der Waals surface area contributed by atoms with Gasteiger partial charge in [0.1, 0.15) is 12.4 Å². The average molecular weight is 294 g/mol. The number of carbonyl (C=O) groups excluding carboxylic acids is 1. The molecule has 0 aliphatic heterocycles. The van der Waals surface area contributed by atoms with Crippen LogP contribution in [0.2, 0.25) is 0 Å². The molecule has 1 aromatic heterocycles. The van der Waals surface area contributed by atoms with E-state index in [0.29, 0.717) is 11.4 Å². The summed E-state index contributed by atoms with van der Waals surface area (Å²) in [6.45, 7) is -0.250. The number of nitrogens with one attached hydrogen (secondary N) is 1. The van der Waals surface area contributed by atoms with Gasteiger partial charge in [-0.1, -0.05) is 11.8 Å². The number of alkyl halides is 2. The van der Waals surface area contributed by atoms with Crippen molar-refractivity contribution in [2.75, 3.05) is 11.9 Å². The minimum Gasteiger partial charge on any atom is -0.384 e. The van der Waals surface area contributed by atoms with Gasteiger partial charge in [0.05, 0.1) is 0 Å². The van der Waals surface area contributed by atoms with Crippen molar-refractivity contribution in [1.29, 1.82) is 0 Å². The molecule has 0 radical (unpaired) electrons. The molecule has 21 heavy (non-hydrogen) atoms. The van der Waals surface area contributed by atoms with Gasteiger partial charge in [-0.15, -0.1) is 0 Å². The number of aliphatic hydroxyl groups is 1. The molecule has 0 bridgehead atoms. The molecule has 1 fully saturated rings.